The molecule has 1 aliphatic carbocycles. The number of rotatable bonds is 3. The van der Waals surface area contributed by atoms with Gasteiger partial charge in [-0.15, -0.1) is 0 Å². The van der Waals surface area contributed by atoms with Gasteiger partial charge in [0.05, 0.1) is 11.9 Å². The van der Waals surface area contributed by atoms with Gasteiger partial charge in [-0.2, -0.15) is 0 Å². The van der Waals surface area contributed by atoms with Crippen molar-refractivity contribution >= 4 is 0 Å². The van der Waals surface area contributed by atoms with E-state index in [9.17, 15) is 5.11 Å². The van der Waals surface area contributed by atoms with E-state index >= 15 is 0 Å². The molecule has 2 nitrogen and oxygen atoms in total. The number of furan rings is 1. The second kappa shape index (κ2) is 5.22. The van der Waals surface area contributed by atoms with Crippen LogP contribution in [0.25, 0.3) is 0 Å². The minimum Gasteiger partial charge on any atom is -0.469 e. The minimum atomic E-state index is -0.580. The van der Waals surface area contributed by atoms with E-state index in [1.807, 2.05) is 12.1 Å². The third kappa shape index (κ3) is 2.90. The molecule has 1 heterocycles. The minimum absolute atomic E-state index is 0.580. The van der Waals surface area contributed by atoms with Crippen molar-refractivity contribution in [1.29, 1.82) is 0 Å². The van der Waals surface area contributed by atoms with E-state index in [1.165, 1.54) is 5.56 Å². The Morgan fingerprint density at radius 1 is 1.05 bits per heavy atom. The van der Waals surface area contributed by atoms with Crippen molar-refractivity contribution in [2.24, 2.45) is 0 Å². The molecule has 2 heteroatoms. The van der Waals surface area contributed by atoms with Crippen LogP contribution < -0.4 is 0 Å². The summed E-state index contributed by atoms with van der Waals surface area (Å²) in [4.78, 5) is 0. The maximum absolute atomic E-state index is 10.6. The number of benzene rings is 1. The highest BCUT2D eigenvalue weighted by atomic mass is 16.3. The van der Waals surface area contributed by atoms with E-state index in [1.54, 1.807) is 6.26 Å². The first kappa shape index (κ1) is 12.5. The molecular weight excluding hydrogens is 236 g/mol. The first-order chi connectivity index (χ1) is 9.25. The summed E-state index contributed by atoms with van der Waals surface area (Å²) in [6.45, 7) is 0. The summed E-state index contributed by atoms with van der Waals surface area (Å²) in [5.41, 5.74) is 0.825. The maximum Gasteiger partial charge on any atom is 0.106 e. The van der Waals surface area contributed by atoms with Gasteiger partial charge in [-0.05, 0) is 49.3 Å². The molecule has 0 amide bonds. The van der Waals surface area contributed by atoms with Crippen molar-refractivity contribution in [3.63, 3.8) is 0 Å². The predicted octanol–water partition coefficient (Wildman–Crippen LogP) is 3.91. The Balaban J connectivity index is 1.62. The molecule has 0 saturated heterocycles. The smallest absolute Gasteiger partial charge is 0.106 e. The Labute approximate surface area is 114 Å². The monoisotopic (exact) mass is 256 g/mol. The van der Waals surface area contributed by atoms with Gasteiger partial charge in [0.25, 0.3) is 0 Å². The summed E-state index contributed by atoms with van der Waals surface area (Å²) >= 11 is 0. The van der Waals surface area contributed by atoms with Crippen molar-refractivity contribution < 1.29 is 9.52 Å². The first-order valence-electron chi connectivity index (χ1n) is 7.05. The molecule has 1 saturated carbocycles. The molecule has 3 rings (SSSR count). The summed E-state index contributed by atoms with van der Waals surface area (Å²) < 4.78 is 5.35. The maximum atomic E-state index is 10.6. The fourth-order valence-corrected chi connectivity index (χ4v) is 3.13. The van der Waals surface area contributed by atoms with Crippen LogP contribution in [0.2, 0.25) is 0 Å². The highest BCUT2D eigenvalue weighted by Gasteiger charge is 2.34. The van der Waals surface area contributed by atoms with Gasteiger partial charge in [-0.1, -0.05) is 30.3 Å². The highest BCUT2D eigenvalue weighted by Crippen LogP contribution is 2.39. The molecule has 1 aromatic heterocycles. The normalized spacial score (nSPS) is 27.3. The fourth-order valence-electron chi connectivity index (χ4n) is 3.13. The fraction of sp³-hybridized carbons (Fsp3) is 0.412. The van der Waals surface area contributed by atoms with Crippen LogP contribution in [0.4, 0.5) is 0 Å². The van der Waals surface area contributed by atoms with Crippen LogP contribution in [-0.4, -0.2) is 10.7 Å². The summed E-state index contributed by atoms with van der Waals surface area (Å²) in [7, 11) is 0. The number of hydrogen-bond donors (Lipinski definition) is 1. The molecule has 0 spiro atoms. The zero-order valence-electron chi connectivity index (χ0n) is 11.1. The standard InChI is InChI=1S/C17H20O2/c18-17(13-16-7-4-12-19-16)10-8-15(9-11-17)14-5-2-1-3-6-14/h1-7,12,15,18H,8-11,13H2. The molecule has 0 bridgehead atoms. The highest BCUT2D eigenvalue weighted by molar-refractivity contribution is 5.20. The lowest BCUT2D eigenvalue weighted by Gasteiger charge is -2.35. The van der Waals surface area contributed by atoms with Crippen LogP contribution in [0, 0.1) is 0 Å². The molecule has 19 heavy (non-hydrogen) atoms. The lowest BCUT2D eigenvalue weighted by atomic mass is 9.74. The van der Waals surface area contributed by atoms with Crippen molar-refractivity contribution in [3.8, 4) is 0 Å². The molecule has 1 aromatic carbocycles. The largest absolute Gasteiger partial charge is 0.469 e. The van der Waals surface area contributed by atoms with E-state index in [2.05, 4.69) is 30.3 Å². The molecule has 0 atom stereocenters. The third-order valence-corrected chi connectivity index (χ3v) is 4.27. The molecule has 2 aromatic rings. The van der Waals surface area contributed by atoms with Gasteiger partial charge >= 0.3 is 0 Å². The topological polar surface area (TPSA) is 33.4 Å². The van der Waals surface area contributed by atoms with Crippen LogP contribution in [0.1, 0.15) is 42.9 Å². The molecule has 1 N–H and O–H groups in total. The van der Waals surface area contributed by atoms with Crippen LogP contribution in [0.5, 0.6) is 0 Å². The quantitative estimate of drug-likeness (QED) is 0.903. The van der Waals surface area contributed by atoms with E-state index in [-0.39, 0.29) is 0 Å². The number of aliphatic hydroxyl groups is 1. The van der Waals surface area contributed by atoms with Gasteiger partial charge in [0.15, 0.2) is 0 Å². The Bertz CT molecular complexity index is 493. The van der Waals surface area contributed by atoms with Gasteiger partial charge in [0, 0.05) is 6.42 Å². The second-order valence-electron chi connectivity index (χ2n) is 5.67. The van der Waals surface area contributed by atoms with Crippen molar-refractivity contribution in [2.45, 2.75) is 43.6 Å². The van der Waals surface area contributed by atoms with Crippen molar-refractivity contribution in [2.75, 3.05) is 0 Å². The van der Waals surface area contributed by atoms with Crippen molar-refractivity contribution in [3.05, 3.63) is 60.1 Å². The zero-order valence-corrected chi connectivity index (χ0v) is 11.1. The SMILES string of the molecule is OC1(Cc2ccco2)CCC(c2ccccc2)CC1. The van der Waals surface area contributed by atoms with Crippen LogP contribution in [-0.2, 0) is 6.42 Å². The van der Waals surface area contributed by atoms with Gasteiger partial charge in [-0.3, -0.25) is 0 Å². The second-order valence-corrected chi connectivity index (χ2v) is 5.67. The average Bonchev–Trinajstić information content (AvgIpc) is 2.93. The van der Waals surface area contributed by atoms with E-state index < -0.39 is 5.60 Å². The molecule has 0 unspecified atom stereocenters. The zero-order chi connectivity index (χ0) is 13.1. The number of hydrogen-bond acceptors (Lipinski definition) is 2. The van der Waals surface area contributed by atoms with Crippen LogP contribution in [0.15, 0.2) is 53.1 Å². The van der Waals surface area contributed by atoms with Crippen LogP contribution in [0.3, 0.4) is 0 Å². The van der Waals surface area contributed by atoms with E-state index in [0.717, 1.165) is 31.4 Å². The van der Waals surface area contributed by atoms with E-state index in [4.69, 9.17) is 4.42 Å². The predicted molar refractivity (Wildman–Crippen MR) is 75.0 cm³/mol. The third-order valence-electron chi connectivity index (χ3n) is 4.27. The van der Waals surface area contributed by atoms with E-state index in [0.29, 0.717) is 12.3 Å². The van der Waals surface area contributed by atoms with Gasteiger partial charge in [0.1, 0.15) is 5.76 Å². The average molecular weight is 256 g/mol. The molecule has 0 aliphatic heterocycles. The Morgan fingerprint density at radius 2 is 1.79 bits per heavy atom. The Kier molecular flexibility index (Phi) is 3.43. The van der Waals surface area contributed by atoms with Crippen molar-refractivity contribution in [1.82, 2.24) is 0 Å². The summed E-state index contributed by atoms with van der Waals surface area (Å²) in [5, 5.41) is 10.6. The first-order valence-corrected chi connectivity index (χ1v) is 7.05. The molecule has 1 fully saturated rings. The Morgan fingerprint density at radius 3 is 2.42 bits per heavy atom. The molecule has 0 radical (unpaired) electrons. The lowest BCUT2D eigenvalue weighted by molar-refractivity contribution is -0.00446. The van der Waals surface area contributed by atoms with Gasteiger partial charge in [0.2, 0.25) is 0 Å². The Hall–Kier alpha value is -1.54. The summed E-state index contributed by atoms with van der Waals surface area (Å²) in [6.07, 6.45) is 6.14. The molecule has 1 aliphatic rings. The molecular formula is C17H20O2. The van der Waals surface area contributed by atoms with Gasteiger partial charge in [-0.25, -0.2) is 0 Å². The van der Waals surface area contributed by atoms with Gasteiger partial charge < -0.3 is 9.52 Å². The summed E-state index contributed by atoms with van der Waals surface area (Å²) in [6, 6.07) is 14.5. The molecule has 100 valence electrons. The lowest BCUT2D eigenvalue weighted by Crippen LogP contribution is -2.35. The summed E-state index contributed by atoms with van der Waals surface area (Å²) in [5.74, 6) is 1.48. The van der Waals surface area contributed by atoms with Crippen LogP contribution >= 0.6 is 0 Å².